The van der Waals surface area contributed by atoms with Crippen LogP contribution < -0.4 is 5.32 Å². The fourth-order valence-corrected chi connectivity index (χ4v) is 3.27. The Hall–Kier alpha value is -2.07. The maximum Gasteiger partial charge on any atom is 0.224 e. The van der Waals surface area contributed by atoms with Gasteiger partial charge in [0.05, 0.1) is 6.42 Å². The van der Waals surface area contributed by atoms with Gasteiger partial charge in [-0.2, -0.15) is 11.3 Å². The lowest BCUT2D eigenvalue weighted by atomic mass is 10.1. The minimum atomic E-state index is 0.0717. The summed E-state index contributed by atoms with van der Waals surface area (Å²) < 4.78 is 0. The van der Waals surface area contributed by atoms with Gasteiger partial charge in [0.1, 0.15) is 0 Å². The molecule has 0 spiro atoms. The summed E-state index contributed by atoms with van der Waals surface area (Å²) >= 11 is 1.69. The van der Waals surface area contributed by atoms with Gasteiger partial charge in [0, 0.05) is 23.1 Å². The van der Waals surface area contributed by atoms with E-state index in [1.54, 1.807) is 11.3 Å². The molecule has 1 amide bonds. The van der Waals surface area contributed by atoms with Crippen molar-refractivity contribution in [2.24, 2.45) is 0 Å². The first-order chi connectivity index (χ1) is 10.2. The molecule has 2 heterocycles. The summed E-state index contributed by atoms with van der Waals surface area (Å²) in [6.45, 7) is 2.05. The number of hydrogen-bond acceptors (Lipinski definition) is 2. The molecule has 21 heavy (non-hydrogen) atoms. The molecule has 0 fully saturated rings. The van der Waals surface area contributed by atoms with Crippen LogP contribution in [0.5, 0.6) is 0 Å². The second-order valence-electron chi connectivity index (χ2n) is 5.34. The maximum absolute atomic E-state index is 12.2. The predicted molar refractivity (Wildman–Crippen MR) is 87.6 cm³/mol. The number of benzene rings is 1. The van der Waals surface area contributed by atoms with Gasteiger partial charge in [-0.15, -0.1) is 0 Å². The monoisotopic (exact) mass is 298 g/mol. The van der Waals surface area contributed by atoms with Crippen LogP contribution >= 0.6 is 11.3 Å². The van der Waals surface area contributed by atoms with E-state index < -0.39 is 0 Å². The first kappa shape index (κ1) is 13.9. The normalized spacial score (nSPS) is 12.4. The van der Waals surface area contributed by atoms with Crippen LogP contribution in [0.25, 0.3) is 10.9 Å². The highest BCUT2D eigenvalue weighted by Crippen LogP contribution is 2.18. The zero-order valence-electron chi connectivity index (χ0n) is 11.9. The van der Waals surface area contributed by atoms with Crippen LogP contribution in [0, 0.1) is 0 Å². The number of amides is 1. The molecular weight excluding hydrogens is 280 g/mol. The van der Waals surface area contributed by atoms with Crippen molar-refractivity contribution in [2.75, 3.05) is 0 Å². The average Bonchev–Trinajstić information content (AvgIpc) is 3.09. The lowest BCUT2D eigenvalue weighted by molar-refractivity contribution is -0.121. The van der Waals surface area contributed by atoms with Crippen LogP contribution in [0.15, 0.2) is 47.3 Å². The Balaban J connectivity index is 1.61. The molecule has 3 nitrogen and oxygen atoms in total. The standard InChI is InChI=1S/C17H18N2OS/c1-12(8-13-6-7-21-11-13)19-17(20)9-14-10-18-16-5-3-2-4-15(14)16/h2-7,10-12,18H,8-9H2,1H3,(H,19,20). The highest BCUT2D eigenvalue weighted by Gasteiger charge is 2.11. The third kappa shape index (κ3) is 3.34. The van der Waals surface area contributed by atoms with Gasteiger partial charge in [0.15, 0.2) is 0 Å². The van der Waals surface area contributed by atoms with Crippen LogP contribution in [-0.2, 0) is 17.6 Å². The largest absolute Gasteiger partial charge is 0.361 e. The van der Waals surface area contributed by atoms with E-state index in [4.69, 9.17) is 0 Å². The molecule has 1 atom stereocenters. The molecule has 0 saturated carbocycles. The molecule has 0 radical (unpaired) electrons. The maximum atomic E-state index is 12.2. The Kier molecular flexibility index (Phi) is 4.06. The van der Waals surface area contributed by atoms with Gasteiger partial charge < -0.3 is 10.3 Å². The van der Waals surface area contributed by atoms with Gasteiger partial charge in [-0.05, 0) is 47.4 Å². The van der Waals surface area contributed by atoms with Gasteiger partial charge in [0.25, 0.3) is 0 Å². The SMILES string of the molecule is CC(Cc1ccsc1)NC(=O)Cc1c[nH]c2ccccc12. The molecule has 0 saturated heterocycles. The number of H-pyrrole nitrogens is 1. The lowest BCUT2D eigenvalue weighted by Crippen LogP contribution is -2.35. The zero-order chi connectivity index (χ0) is 14.7. The van der Waals surface area contributed by atoms with Crippen molar-refractivity contribution in [1.82, 2.24) is 10.3 Å². The summed E-state index contributed by atoms with van der Waals surface area (Å²) in [6.07, 6.45) is 3.22. The molecule has 4 heteroatoms. The van der Waals surface area contributed by atoms with E-state index in [1.807, 2.05) is 37.4 Å². The summed E-state index contributed by atoms with van der Waals surface area (Å²) in [5, 5.41) is 8.39. The summed E-state index contributed by atoms with van der Waals surface area (Å²) in [7, 11) is 0. The number of para-hydroxylation sites is 1. The third-order valence-corrected chi connectivity index (χ3v) is 4.29. The van der Waals surface area contributed by atoms with Crippen LogP contribution in [0.2, 0.25) is 0 Å². The molecule has 0 aliphatic heterocycles. The quantitative estimate of drug-likeness (QED) is 0.744. The molecule has 1 unspecified atom stereocenters. The number of aromatic nitrogens is 1. The molecule has 0 bridgehead atoms. The van der Waals surface area contributed by atoms with E-state index in [-0.39, 0.29) is 11.9 Å². The Labute approximate surface area is 128 Å². The first-order valence-electron chi connectivity index (χ1n) is 7.08. The van der Waals surface area contributed by atoms with E-state index in [1.165, 1.54) is 5.56 Å². The van der Waals surface area contributed by atoms with E-state index in [9.17, 15) is 4.79 Å². The molecule has 0 aliphatic carbocycles. The topological polar surface area (TPSA) is 44.9 Å². The number of carbonyl (C=O) groups excluding carboxylic acids is 1. The minimum absolute atomic E-state index is 0.0717. The van der Waals surface area contributed by atoms with Gasteiger partial charge in [-0.3, -0.25) is 4.79 Å². The van der Waals surface area contributed by atoms with Gasteiger partial charge in [-0.1, -0.05) is 18.2 Å². The minimum Gasteiger partial charge on any atom is -0.361 e. The van der Waals surface area contributed by atoms with Crippen LogP contribution in [-0.4, -0.2) is 16.9 Å². The van der Waals surface area contributed by atoms with Gasteiger partial charge in [0.2, 0.25) is 5.91 Å². The number of thiophene rings is 1. The van der Waals surface area contributed by atoms with E-state index in [0.717, 1.165) is 22.9 Å². The highest BCUT2D eigenvalue weighted by molar-refractivity contribution is 7.07. The molecule has 2 aromatic heterocycles. The van der Waals surface area contributed by atoms with Crippen molar-refractivity contribution < 1.29 is 4.79 Å². The van der Waals surface area contributed by atoms with Crippen molar-refractivity contribution in [1.29, 1.82) is 0 Å². The fraction of sp³-hybridized carbons (Fsp3) is 0.235. The Morgan fingerprint density at radius 1 is 1.33 bits per heavy atom. The van der Waals surface area contributed by atoms with E-state index >= 15 is 0 Å². The second-order valence-corrected chi connectivity index (χ2v) is 6.12. The molecule has 3 aromatic rings. The number of hydrogen-bond donors (Lipinski definition) is 2. The van der Waals surface area contributed by atoms with Crippen molar-refractivity contribution in [3.05, 3.63) is 58.4 Å². The van der Waals surface area contributed by atoms with Crippen molar-refractivity contribution in [3.8, 4) is 0 Å². The molecule has 2 N–H and O–H groups in total. The molecular formula is C17H18N2OS. The Morgan fingerprint density at radius 2 is 2.19 bits per heavy atom. The Morgan fingerprint density at radius 3 is 3.00 bits per heavy atom. The van der Waals surface area contributed by atoms with Crippen LogP contribution in [0.1, 0.15) is 18.1 Å². The highest BCUT2D eigenvalue weighted by atomic mass is 32.1. The summed E-state index contributed by atoms with van der Waals surface area (Å²) in [4.78, 5) is 15.4. The van der Waals surface area contributed by atoms with Crippen molar-refractivity contribution >= 4 is 28.1 Å². The number of nitrogens with one attached hydrogen (secondary N) is 2. The molecule has 0 aliphatic rings. The molecule has 108 valence electrons. The van der Waals surface area contributed by atoms with Crippen molar-refractivity contribution in [2.45, 2.75) is 25.8 Å². The number of rotatable bonds is 5. The summed E-state index contributed by atoms with van der Waals surface area (Å²) in [5.41, 5.74) is 3.40. The zero-order valence-corrected chi connectivity index (χ0v) is 12.7. The fourth-order valence-electron chi connectivity index (χ4n) is 2.59. The van der Waals surface area contributed by atoms with Gasteiger partial charge >= 0.3 is 0 Å². The summed E-state index contributed by atoms with van der Waals surface area (Å²) in [6, 6.07) is 10.3. The second kappa shape index (κ2) is 6.14. The number of aromatic amines is 1. The molecule has 1 aromatic carbocycles. The van der Waals surface area contributed by atoms with Crippen LogP contribution in [0.4, 0.5) is 0 Å². The number of carbonyl (C=O) groups is 1. The first-order valence-corrected chi connectivity index (χ1v) is 8.02. The number of fused-ring (bicyclic) bond motifs is 1. The molecule has 3 rings (SSSR count). The van der Waals surface area contributed by atoms with Gasteiger partial charge in [-0.25, -0.2) is 0 Å². The van der Waals surface area contributed by atoms with E-state index in [0.29, 0.717) is 6.42 Å². The summed E-state index contributed by atoms with van der Waals surface area (Å²) in [5.74, 6) is 0.0717. The van der Waals surface area contributed by atoms with E-state index in [2.05, 4.69) is 27.1 Å². The Bertz CT molecular complexity index is 730. The lowest BCUT2D eigenvalue weighted by Gasteiger charge is -2.13. The predicted octanol–water partition coefficient (Wildman–Crippen LogP) is 3.52. The van der Waals surface area contributed by atoms with Crippen molar-refractivity contribution in [3.63, 3.8) is 0 Å². The smallest absolute Gasteiger partial charge is 0.224 e. The van der Waals surface area contributed by atoms with Crippen LogP contribution in [0.3, 0.4) is 0 Å². The third-order valence-electron chi connectivity index (χ3n) is 3.56. The average molecular weight is 298 g/mol.